The van der Waals surface area contributed by atoms with Gasteiger partial charge in [0.15, 0.2) is 0 Å². The summed E-state index contributed by atoms with van der Waals surface area (Å²) in [6.07, 6.45) is 0.352. The van der Waals surface area contributed by atoms with E-state index in [1.807, 2.05) is 17.5 Å². The number of rotatable bonds is 4. The second-order valence-corrected chi connectivity index (χ2v) is 5.12. The molecule has 0 saturated carbocycles. The van der Waals surface area contributed by atoms with Gasteiger partial charge in [-0.2, -0.15) is 0 Å². The van der Waals surface area contributed by atoms with Crippen molar-refractivity contribution in [3.63, 3.8) is 0 Å². The first-order valence-electron chi connectivity index (χ1n) is 6.08. The molecule has 1 aromatic heterocycles. The topological polar surface area (TPSA) is 70.2 Å². The molecule has 1 heterocycles. The average molecular weight is 289 g/mol. The largest absolute Gasteiger partial charge is 0.341 e. The lowest BCUT2D eigenvalue weighted by Gasteiger charge is -2.08. The molecule has 0 aliphatic carbocycles. The van der Waals surface area contributed by atoms with E-state index in [1.165, 1.54) is 0 Å². The normalized spacial score (nSPS) is 9.85. The van der Waals surface area contributed by atoms with Crippen molar-refractivity contribution >= 4 is 34.6 Å². The fourth-order valence-corrected chi connectivity index (χ4v) is 2.35. The molecule has 0 unspecified atom stereocenters. The Kier molecular flexibility index (Phi) is 4.73. The van der Waals surface area contributed by atoms with Gasteiger partial charge in [-0.1, -0.05) is 12.1 Å². The van der Waals surface area contributed by atoms with E-state index in [-0.39, 0.29) is 11.9 Å². The Morgan fingerprint density at radius 1 is 1.10 bits per heavy atom. The highest BCUT2D eigenvalue weighted by Gasteiger charge is 2.06. The van der Waals surface area contributed by atoms with Gasteiger partial charge < -0.3 is 16.0 Å². The van der Waals surface area contributed by atoms with Crippen LogP contribution in [-0.2, 0) is 11.2 Å². The van der Waals surface area contributed by atoms with Crippen molar-refractivity contribution in [1.29, 1.82) is 0 Å². The van der Waals surface area contributed by atoms with Gasteiger partial charge in [0, 0.05) is 23.3 Å². The molecule has 6 heteroatoms. The quantitative estimate of drug-likeness (QED) is 0.810. The van der Waals surface area contributed by atoms with Crippen LogP contribution in [0.5, 0.6) is 0 Å². The first kappa shape index (κ1) is 14.1. The monoisotopic (exact) mass is 289 g/mol. The van der Waals surface area contributed by atoms with Crippen molar-refractivity contribution in [2.75, 3.05) is 17.7 Å². The lowest BCUT2D eigenvalue weighted by molar-refractivity contribution is -0.115. The fraction of sp³-hybridized carbons (Fsp3) is 0.143. The number of hydrogen-bond donors (Lipinski definition) is 3. The van der Waals surface area contributed by atoms with Crippen LogP contribution < -0.4 is 16.0 Å². The number of hydrogen-bond acceptors (Lipinski definition) is 3. The molecule has 104 valence electrons. The molecule has 3 N–H and O–H groups in total. The van der Waals surface area contributed by atoms with E-state index >= 15 is 0 Å². The Hall–Kier alpha value is -2.34. The Morgan fingerprint density at radius 3 is 2.50 bits per heavy atom. The van der Waals surface area contributed by atoms with E-state index in [2.05, 4.69) is 16.0 Å². The third-order valence-electron chi connectivity index (χ3n) is 2.55. The first-order valence-corrected chi connectivity index (χ1v) is 6.96. The predicted molar refractivity (Wildman–Crippen MR) is 81.2 cm³/mol. The fourth-order valence-electron chi connectivity index (χ4n) is 1.64. The minimum Gasteiger partial charge on any atom is -0.341 e. The SMILES string of the molecule is CNC(=O)Nc1cccc(NC(=O)Cc2cccs2)c1. The zero-order chi connectivity index (χ0) is 14.4. The van der Waals surface area contributed by atoms with Gasteiger partial charge in [-0.15, -0.1) is 11.3 Å². The molecule has 0 radical (unpaired) electrons. The molecule has 5 nitrogen and oxygen atoms in total. The summed E-state index contributed by atoms with van der Waals surface area (Å²) in [6.45, 7) is 0. The molecule has 0 spiro atoms. The van der Waals surface area contributed by atoms with Gasteiger partial charge in [-0.05, 0) is 29.6 Å². The van der Waals surface area contributed by atoms with Crippen LogP contribution in [0.25, 0.3) is 0 Å². The van der Waals surface area contributed by atoms with Crippen LogP contribution in [0.2, 0.25) is 0 Å². The highest BCUT2D eigenvalue weighted by molar-refractivity contribution is 7.10. The number of urea groups is 1. The van der Waals surface area contributed by atoms with Crippen molar-refractivity contribution in [1.82, 2.24) is 5.32 Å². The number of carbonyl (C=O) groups is 2. The first-order chi connectivity index (χ1) is 9.67. The van der Waals surface area contributed by atoms with E-state index in [4.69, 9.17) is 0 Å². The minimum atomic E-state index is -0.299. The van der Waals surface area contributed by atoms with Gasteiger partial charge in [-0.3, -0.25) is 4.79 Å². The van der Waals surface area contributed by atoms with Gasteiger partial charge in [0.2, 0.25) is 5.91 Å². The third kappa shape index (κ3) is 4.10. The highest BCUT2D eigenvalue weighted by atomic mass is 32.1. The molecule has 0 fully saturated rings. The minimum absolute atomic E-state index is 0.0791. The van der Waals surface area contributed by atoms with Gasteiger partial charge >= 0.3 is 6.03 Å². The average Bonchev–Trinajstić information content (AvgIpc) is 2.91. The second-order valence-electron chi connectivity index (χ2n) is 4.09. The van der Waals surface area contributed by atoms with Gasteiger partial charge in [0.05, 0.1) is 6.42 Å². The van der Waals surface area contributed by atoms with Crippen molar-refractivity contribution in [2.45, 2.75) is 6.42 Å². The Balaban J connectivity index is 1.97. The number of carbonyl (C=O) groups excluding carboxylic acids is 2. The van der Waals surface area contributed by atoms with Crippen LogP contribution in [0, 0.1) is 0 Å². The molecule has 0 bridgehead atoms. The van der Waals surface area contributed by atoms with Crippen LogP contribution >= 0.6 is 11.3 Å². The number of benzene rings is 1. The highest BCUT2D eigenvalue weighted by Crippen LogP contribution is 2.16. The standard InChI is InChI=1S/C14H15N3O2S/c1-15-14(19)17-11-5-2-4-10(8-11)16-13(18)9-12-6-3-7-20-12/h2-8H,9H2,1H3,(H,16,18)(H2,15,17,19). The van der Waals surface area contributed by atoms with Gasteiger partial charge in [-0.25, -0.2) is 4.79 Å². The van der Waals surface area contributed by atoms with Gasteiger partial charge in [0.25, 0.3) is 0 Å². The molecule has 0 aliphatic rings. The Morgan fingerprint density at radius 2 is 1.85 bits per heavy atom. The Labute approximate surface area is 121 Å². The molecule has 20 heavy (non-hydrogen) atoms. The summed E-state index contributed by atoms with van der Waals surface area (Å²) in [5, 5.41) is 9.87. The van der Waals surface area contributed by atoms with Crippen LogP contribution in [-0.4, -0.2) is 19.0 Å². The Bertz CT molecular complexity index is 596. The van der Waals surface area contributed by atoms with E-state index < -0.39 is 0 Å². The summed E-state index contributed by atoms with van der Waals surface area (Å²) in [7, 11) is 1.54. The molecular formula is C14H15N3O2S. The molecule has 1 aromatic carbocycles. The van der Waals surface area contributed by atoms with Crippen LogP contribution in [0.15, 0.2) is 41.8 Å². The summed E-state index contributed by atoms with van der Waals surface area (Å²) < 4.78 is 0. The summed E-state index contributed by atoms with van der Waals surface area (Å²) in [5.74, 6) is -0.0791. The summed E-state index contributed by atoms with van der Waals surface area (Å²) in [6, 6.07) is 10.6. The zero-order valence-electron chi connectivity index (χ0n) is 11.0. The lowest BCUT2D eigenvalue weighted by Crippen LogP contribution is -2.24. The molecule has 0 atom stereocenters. The maximum Gasteiger partial charge on any atom is 0.318 e. The zero-order valence-corrected chi connectivity index (χ0v) is 11.8. The second kappa shape index (κ2) is 6.72. The molecule has 2 aromatic rings. The summed E-state index contributed by atoms with van der Waals surface area (Å²) in [4.78, 5) is 24.1. The maximum atomic E-state index is 11.9. The number of anilines is 2. The number of nitrogens with one attached hydrogen (secondary N) is 3. The van der Waals surface area contributed by atoms with Crippen molar-refractivity contribution in [3.8, 4) is 0 Å². The van der Waals surface area contributed by atoms with Crippen molar-refractivity contribution in [3.05, 3.63) is 46.7 Å². The van der Waals surface area contributed by atoms with E-state index in [1.54, 1.807) is 42.6 Å². The van der Waals surface area contributed by atoms with Crippen LogP contribution in [0.1, 0.15) is 4.88 Å². The lowest BCUT2D eigenvalue weighted by atomic mass is 10.2. The van der Waals surface area contributed by atoms with Gasteiger partial charge in [0.1, 0.15) is 0 Å². The van der Waals surface area contributed by atoms with Crippen LogP contribution in [0.4, 0.5) is 16.2 Å². The van der Waals surface area contributed by atoms with E-state index in [0.29, 0.717) is 17.8 Å². The molecular weight excluding hydrogens is 274 g/mol. The van der Waals surface area contributed by atoms with Crippen LogP contribution in [0.3, 0.4) is 0 Å². The summed E-state index contributed by atoms with van der Waals surface area (Å²) >= 11 is 1.55. The number of thiophene rings is 1. The third-order valence-corrected chi connectivity index (χ3v) is 3.42. The van der Waals surface area contributed by atoms with Crippen molar-refractivity contribution < 1.29 is 9.59 Å². The molecule has 3 amide bonds. The van der Waals surface area contributed by atoms with E-state index in [0.717, 1.165) is 4.88 Å². The molecule has 2 rings (SSSR count). The number of amides is 3. The maximum absolute atomic E-state index is 11.9. The smallest absolute Gasteiger partial charge is 0.318 e. The summed E-state index contributed by atoms with van der Waals surface area (Å²) in [5.41, 5.74) is 1.28. The molecule has 0 saturated heterocycles. The van der Waals surface area contributed by atoms with Crippen molar-refractivity contribution in [2.24, 2.45) is 0 Å². The predicted octanol–water partition coefficient (Wildman–Crippen LogP) is 2.68. The van der Waals surface area contributed by atoms with E-state index in [9.17, 15) is 9.59 Å². The molecule has 0 aliphatic heterocycles.